The lowest BCUT2D eigenvalue weighted by Gasteiger charge is -2.39. The maximum Gasteiger partial charge on any atom is 0.410 e. The van der Waals surface area contributed by atoms with Crippen LogP contribution in [0.4, 0.5) is 4.79 Å². The fourth-order valence-corrected chi connectivity index (χ4v) is 11.6. The summed E-state index contributed by atoms with van der Waals surface area (Å²) in [5.41, 5.74) is 10.3. The Balaban J connectivity index is 0.000000180. The minimum absolute atomic E-state index is 0.00974. The molecule has 6 N–H and O–H groups in total. The lowest BCUT2D eigenvalue weighted by atomic mass is 9.77. The van der Waals surface area contributed by atoms with Crippen molar-refractivity contribution in [2.75, 3.05) is 6.54 Å². The zero-order valence-electron chi connectivity index (χ0n) is 39.2. The fraction of sp³-hybridized carbons (Fsp3) is 0.519. The van der Waals surface area contributed by atoms with Crippen LogP contribution in [0.2, 0.25) is 0 Å². The first-order chi connectivity index (χ1) is 31.6. The van der Waals surface area contributed by atoms with E-state index in [1.54, 1.807) is 38.1 Å². The molecule has 2 aromatic carbocycles. The van der Waals surface area contributed by atoms with Crippen molar-refractivity contribution in [3.63, 3.8) is 0 Å². The van der Waals surface area contributed by atoms with Crippen LogP contribution in [-0.2, 0) is 62.7 Å². The summed E-state index contributed by atoms with van der Waals surface area (Å²) in [5, 5.41) is 17.5. The van der Waals surface area contributed by atoms with Gasteiger partial charge in [-0.05, 0) is 151 Å². The molecule has 14 heteroatoms. The van der Waals surface area contributed by atoms with Gasteiger partial charge in [-0.3, -0.25) is 24.1 Å². The summed E-state index contributed by atoms with van der Waals surface area (Å²) < 4.78 is 5.44. The molecule has 2 fully saturated rings. The first kappa shape index (κ1) is 50.4. The van der Waals surface area contributed by atoms with Crippen molar-refractivity contribution in [2.45, 2.75) is 160 Å². The van der Waals surface area contributed by atoms with Gasteiger partial charge < -0.3 is 31.5 Å². The highest BCUT2D eigenvalue weighted by Gasteiger charge is 2.39. The highest BCUT2D eigenvalue weighted by molar-refractivity contribution is 7.12. The minimum atomic E-state index is -1.12. The highest BCUT2D eigenvalue weighted by Crippen LogP contribution is 2.37. The number of likely N-dealkylation sites (tertiary alicyclic amines) is 1. The molecule has 4 aromatic rings. The third kappa shape index (κ3) is 14.2. The van der Waals surface area contributed by atoms with Gasteiger partial charge in [0, 0.05) is 38.5 Å². The van der Waals surface area contributed by atoms with E-state index in [9.17, 15) is 24.0 Å². The first-order valence-corrected chi connectivity index (χ1v) is 25.3. The van der Waals surface area contributed by atoms with E-state index in [2.05, 4.69) is 52.3 Å². The molecule has 4 amide bonds. The van der Waals surface area contributed by atoms with Gasteiger partial charge in [-0.25, -0.2) is 4.79 Å². The van der Waals surface area contributed by atoms with Gasteiger partial charge in [0.05, 0.1) is 6.54 Å². The Morgan fingerprint density at radius 1 is 0.742 bits per heavy atom. The number of nitrogens with one attached hydrogen (secondary N) is 3. The smallest absolute Gasteiger partial charge is 0.410 e. The van der Waals surface area contributed by atoms with Gasteiger partial charge in [0.1, 0.15) is 23.7 Å². The molecule has 66 heavy (non-hydrogen) atoms. The van der Waals surface area contributed by atoms with E-state index in [0.29, 0.717) is 31.8 Å². The van der Waals surface area contributed by atoms with Gasteiger partial charge in [-0.2, -0.15) is 0 Å². The van der Waals surface area contributed by atoms with E-state index >= 15 is 0 Å². The molecule has 2 aromatic heterocycles. The largest absolute Gasteiger partial charge is 0.480 e. The van der Waals surface area contributed by atoms with Crippen molar-refractivity contribution in [1.82, 2.24) is 20.9 Å². The van der Waals surface area contributed by atoms with Crippen LogP contribution in [0.5, 0.6) is 0 Å². The summed E-state index contributed by atoms with van der Waals surface area (Å²) in [6.07, 6.45) is 12.1. The number of ether oxygens (including phenoxy) is 1. The molecule has 12 nitrogen and oxygen atoms in total. The Kier molecular flexibility index (Phi) is 18.0. The van der Waals surface area contributed by atoms with Crippen LogP contribution < -0.4 is 21.7 Å². The van der Waals surface area contributed by atoms with Crippen LogP contribution in [-0.4, -0.2) is 70.1 Å². The predicted octanol–water partition coefficient (Wildman–Crippen LogP) is 8.79. The normalized spacial score (nSPS) is 20.7. The quantitative estimate of drug-likeness (QED) is 0.0990. The van der Waals surface area contributed by atoms with Crippen LogP contribution >= 0.6 is 22.7 Å². The molecule has 3 heterocycles. The number of carbonyl (C=O) groups is 5. The average molecular weight is 940 g/mol. The second-order valence-corrected chi connectivity index (χ2v) is 21.5. The van der Waals surface area contributed by atoms with Crippen molar-refractivity contribution >= 4 is 52.5 Å². The van der Waals surface area contributed by atoms with Gasteiger partial charge in [-0.1, -0.05) is 67.1 Å². The number of carboxylic acids is 1. The van der Waals surface area contributed by atoms with Crippen molar-refractivity contribution in [3.05, 3.63) is 115 Å². The number of amides is 4. The van der Waals surface area contributed by atoms with E-state index in [4.69, 9.17) is 15.6 Å². The first-order valence-electron chi connectivity index (χ1n) is 23.7. The molecule has 0 bridgehead atoms. The molecule has 1 saturated heterocycles. The van der Waals surface area contributed by atoms with E-state index in [0.717, 1.165) is 44.2 Å². The Hall–Kier alpha value is -5.05. The summed E-state index contributed by atoms with van der Waals surface area (Å²) in [7, 11) is 0. The zero-order valence-corrected chi connectivity index (χ0v) is 40.9. The lowest BCUT2D eigenvalue weighted by Crippen LogP contribution is -2.56. The number of fused-ring (bicyclic) bond motifs is 2. The molecule has 0 radical (unpaired) electrons. The Morgan fingerprint density at radius 3 is 1.86 bits per heavy atom. The van der Waals surface area contributed by atoms with Crippen molar-refractivity contribution < 1.29 is 33.8 Å². The third-order valence-corrected chi connectivity index (χ3v) is 15.3. The molecular formula is C52H69N5O7S2. The summed E-state index contributed by atoms with van der Waals surface area (Å²) in [6, 6.07) is 22.5. The van der Waals surface area contributed by atoms with Crippen LogP contribution in [0, 0.1) is 5.92 Å². The number of aryl methyl sites for hydroxylation is 4. The number of hydrogen-bond donors (Lipinski definition) is 5. The summed E-state index contributed by atoms with van der Waals surface area (Å²) >= 11 is 3.71. The number of rotatable bonds is 11. The molecule has 356 valence electrons. The van der Waals surface area contributed by atoms with E-state index in [1.165, 1.54) is 69.7 Å². The molecular weight excluding hydrogens is 871 g/mol. The SMILES string of the molecule is C[C@H](NC(=O)[C@@H]1CCC[C@H](c2ccccc2)C1)C(=O)NCc1cc2c(s1)CCC2.C[C@H](NC(=O)[C@H]1C[C@@H](c2ccccc2)CCN1C(=O)OC(C)(C)C)C(=O)O.NCc1cc2c(s1)CCC2. The second kappa shape index (κ2) is 23.6. The Labute approximate surface area is 398 Å². The molecule has 0 spiro atoms. The average Bonchev–Trinajstić information content (AvgIpc) is 4.12. The number of hydrogen-bond acceptors (Lipinski definition) is 9. The number of nitrogens with two attached hydrogens (primary N) is 1. The van der Waals surface area contributed by atoms with Crippen molar-refractivity contribution in [3.8, 4) is 0 Å². The van der Waals surface area contributed by atoms with Gasteiger partial charge in [0.2, 0.25) is 17.7 Å². The second-order valence-electron chi connectivity index (χ2n) is 19.0. The number of piperidine rings is 1. The van der Waals surface area contributed by atoms with E-state index in [-0.39, 0.29) is 23.7 Å². The monoisotopic (exact) mass is 939 g/mol. The molecule has 6 atom stereocenters. The molecule has 1 saturated carbocycles. The van der Waals surface area contributed by atoms with Crippen LogP contribution in [0.3, 0.4) is 0 Å². The van der Waals surface area contributed by atoms with Crippen LogP contribution in [0.1, 0.15) is 140 Å². The molecule has 4 aliphatic rings. The predicted molar refractivity (Wildman–Crippen MR) is 262 cm³/mol. The Morgan fingerprint density at radius 2 is 1.30 bits per heavy atom. The van der Waals surface area contributed by atoms with Crippen LogP contribution in [0.25, 0.3) is 0 Å². The van der Waals surface area contributed by atoms with Crippen molar-refractivity contribution in [1.29, 1.82) is 0 Å². The lowest BCUT2D eigenvalue weighted by molar-refractivity contribution is -0.142. The molecule has 0 unspecified atom stereocenters. The molecule has 3 aliphatic carbocycles. The number of benzene rings is 2. The number of nitrogens with zero attached hydrogens (tertiary/aromatic N) is 1. The number of carboxylic acid groups (broad SMARTS) is 1. The fourth-order valence-electron chi connectivity index (χ4n) is 9.30. The van der Waals surface area contributed by atoms with Crippen molar-refractivity contribution in [2.24, 2.45) is 11.7 Å². The van der Waals surface area contributed by atoms with E-state index < -0.39 is 41.7 Å². The van der Waals surface area contributed by atoms with Gasteiger partial charge in [0.15, 0.2) is 0 Å². The minimum Gasteiger partial charge on any atom is -0.480 e. The van der Waals surface area contributed by atoms with Crippen LogP contribution in [0.15, 0.2) is 72.8 Å². The molecule has 8 rings (SSSR count). The summed E-state index contributed by atoms with van der Waals surface area (Å²) in [6.45, 7) is 10.1. The Bertz CT molecular complexity index is 2210. The van der Waals surface area contributed by atoms with Gasteiger partial charge in [-0.15, -0.1) is 22.7 Å². The zero-order chi connectivity index (χ0) is 47.4. The summed E-state index contributed by atoms with van der Waals surface area (Å²) in [4.78, 5) is 68.7. The number of carbonyl (C=O) groups excluding carboxylic acids is 4. The van der Waals surface area contributed by atoms with Gasteiger partial charge in [0.25, 0.3) is 0 Å². The maximum absolute atomic E-state index is 12.8. The maximum atomic E-state index is 12.8. The molecule has 1 aliphatic heterocycles. The van der Waals surface area contributed by atoms with Gasteiger partial charge >= 0.3 is 12.1 Å². The highest BCUT2D eigenvalue weighted by atomic mass is 32.1. The topological polar surface area (TPSA) is 180 Å². The summed E-state index contributed by atoms with van der Waals surface area (Å²) in [5.74, 6) is -1.15. The number of thiophene rings is 2. The van der Waals surface area contributed by atoms with E-state index in [1.807, 2.05) is 59.1 Å². The number of aliphatic carboxylic acids is 1. The third-order valence-electron chi connectivity index (χ3n) is 12.8. The standard InChI is InChI=1S/C24H30N2O2S.C20H28N2O5.C8H11NS/c1-16(23(27)25-15-21-14-19-10-6-12-22(19)29-21)26-24(28)20-11-5-9-18(13-20)17-7-3-2-4-8-17;1-13(18(24)25)21-17(23)16-12-15(14-8-6-5-7-9-14)10-11-22(16)19(26)27-20(2,3)4;9-5-7-4-6-2-1-3-8(6)10-7/h2-4,7-8,14,16,18,20H,5-6,9-13,15H2,1H3,(H,25,27)(H,26,28);5-9,13,15-16H,10-12H2,1-4H3,(H,21,23)(H,24,25);4H,1-3,5,9H2/t16-,18-,20+;13-,15-,16+;/m00./s1.